The van der Waals surface area contributed by atoms with Crippen LogP contribution in [-0.2, 0) is 10.2 Å². The Bertz CT molecular complexity index is 874. The minimum Gasteiger partial charge on any atom is -0.491 e. The molecule has 0 aromatic heterocycles. The first-order valence-electron chi connectivity index (χ1n) is 11.2. The molecule has 0 unspecified atom stereocenters. The smallest absolute Gasteiger partial charge is 0.133 e. The lowest BCUT2D eigenvalue weighted by molar-refractivity contribution is 0.00465. The van der Waals surface area contributed by atoms with E-state index < -0.39 is 12.2 Å². The van der Waals surface area contributed by atoms with Crippen molar-refractivity contribution in [3.05, 3.63) is 58.1 Å². The van der Waals surface area contributed by atoms with Crippen LogP contribution in [0.15, 0.2) is 46.9 Å². The molecule has 3 rings (SSSR count). The van der Waals surface area contributed by atoms with Crippen LogP contribution in [0, 0.1) is 0 Å². The average molecular weight is 543 g/mol. The van der Waals surface area contributed by atoms with Gasteiger partial charge in [0.05, 0.1) is 23.6 Å². The lowest BCUT2D eigenvalue weighted by atomic mass is 9.78. The predicted molar refractivity (Wildman–Crippen MR) is 134 cm³/mol. The van der Waals surface area contributed by atoms with Crippen molar-refractivity contribution in [3.8, 4) is 11.5 Å². The quantitative estimate of drug-likeness (QED) is 0.421. The number of aliphatic hydroxyl groups is 2. The Balaban J connectivity index is 1.57. The molecule has 1 fully saturated rings. The van der Waals surface area contributed by atoms with Gasteiger partial charge in [0.1, 0.15) is 36.9 Å². The van der Waals surface area contributed by atoms with E-state index in [-0.39, 0.29) is 24.5 Å². The summed E-state index contributed by atoms with van der Waals surface area (Å²) >= 11 is 9.20. The summed E-state index contributed by atoms with van der Waals surface area (Å²) in [7, 11) is 0. The molecule has 2 aromatic carbocycles. The normalized spacial score (nSPS) is 16.9. The van der Waals surface area contributed by atoms with Gasteiger partial charge in [0, 0.05) is 25.0 Å². The lowest BCUT2D eigenvalue weighted by Gasteiger charge is -2.28. The molecule has 0 radical (unpaired) electrons. The maximum atomic E-state index is 10.3. The zero-order valence-corrected chi connectivity index (χ0v) is 21.5. The third-order valence-electron chi connectivity index (χ3n) is 5.85. The molecule has 0 amide bonds. The number of ether oxygens (including phenoxy) is 3. The van der Waals surface area contributed by atoms with Crippen molar-refractivity contribution in [2.24, 2.45) is 0 Å². The van der Waals surface area contributed by atoms with Crippen LogP contribution < -0.4 is 9.47 Å². The number of rotatable bonds is 11. The van der Waals surface area contributed by atoms with E-state index in [1.807, 2.05) is 30.3 Å². The second-order valence-electron chi connectivity index (χ2n) is 8.79. The van der Waals surface area contributed by atoms with Crippen molar-refractivity contribution in [2.75, 3.05) is 51.9 Å². The van der Waals surface area contributed by atoms with Crippen LogP contribution in [0.25, 0.3) is 0 Å². The molecular formula is C25H33BrClNO5. The third kappa shape index (κ3) is 7.57. The Kier molecular flexibility index (Phi) is 9.85. The van der Waals surface area contributed by atoms with Crippen molar-refractivity contribution in [1.82, 2.24) is 4.90 Å². The number of aliphatic hydroxyl groups excluding tert-OH is 2. The molecule has 1 saturated heterocycles. The van der Waals surface area contributed by atoms with Gasteiger partial charge in [0.15, 0.2) is 0 Å². The molecule has 2 atom stereocenters. The number of hydrogen-bond donors (Lipinski definition) is 2. The van der Waals surface area contributed by atoms with E-state index in [0.717, 1.165) is 34.4 Å². The zero-order chi connectivity index (χ0) is 23.8. The highest BCUT2D eigenvalue weighted by Crippen LogP contribution is 2.36. The zero-order valence-electron chi connectivity index (χ0n) is 19.2. The Hall–Kier alpha value is -1.35. The summed E-state index contributed by atoms with van der Waals surface area (Å²) in [5.41, 5.74) is 2.02. The molecule has 0 spiro atoms. The first-order valence-corrected chi connectivity index (χ1v) is 12.5. The van der Waals surface area contributed by atoms with Gasteiger partial charge in [-0.15, -0.1) is 11.6 Å². The number of alkyl halides is 1. The van der Waals surface area contributed by atoms with Crippen LogP contribution in [0.2, 0.25) is 0 Å². The molecule has 2 aromatic rings. The standard InChI is InChI=1S/C25H33BrClNO5/c1-25(2,19-5-8-24(23(26)13-19)33-16-20(29)14-27)18-3-6-22(7-4-18)32-17-21(30)15-28-9-11-31-12-10-28/h3-8,13,20-21,29-30H,9-12,14-17H2,1-2H3/t20-,21-/m0/s1. The summed E-state index contributed by atoms with van der Waals surface area (Å²) in [6, 6.07) is 14.0. The van der Waals surface area contributed by atoms with E-state index in [2.05, 4.69) is 46.8 Å². The van der Waals surface area contributed by atoms with E-state index in [4.69, 9.17) is 25.8 Å². The summed E-state index contributed by atoms with van der Waals surface area (Å²) < 4.78 is 17.6. The number of β-amino-alcohol motifs (C(OH)–C–C–N with tert-alkyl or cyclic N) is 1. The molecule has 1 aliphatic heterocycles. The Morgan fingerprint density at radius 2 is 1.64 bits per heavy atom. The van der Waals surface area contributed by atoms with Crippen molar-refractivity contribution in [3.63, 3.8) is 0 Å². The fourth-order valence-corrected chi connectivity index (χ4v) is 4.28. The summed E-state index contributed by atoms with van der Waals surface area (Å²) in [4.78, 5) is 2.19. The Morgan fingerprint density at radius 3 is 2.27 bits per heavy atom. The van der Waals surface area contributed by atoms with E-state index in [1.165, 1.54) is 0 Å². The van der Waals surface area contributed by atoms with Gasteiger partial charge in [-0.1, -0.05) is 32.0 Å². The summed E-state index contributed by atoms with van der Waals surface area (Å²) in [5, 5.41) is 19.9. The van der Waals surface area contributed by atoms with Gasteiger partial charge >= 0.3 is 0 Å². The first-order chi connectivity index (χ1) is 15.8. The molecule has 1 aliphatic rings. The Labute approximate surface area is 209 Å². The number of halogens is 2. The third-order valence-corrected chi connectivity index (χ3v) is 6.83. The summed E-state index contributed by atoms with van der Waals surface area (Å²) in [6.45, 7) is 8.44. The fraction of sp³-hybridized carbons (Fsp3) is 0.520. The van der Waals surface area contributed by atoms with Crippen LogP contribution >= 0.6 is 27.5 Å². The Morgan fingerprint density at radius 1 is 1.00 bits per heavy atom. The first kappa shape index (κ1) is 26.3. The van der Waals surface area contributed by atoms with E-state index in [0.29, 0.717) is 25.5 Å². The molecular weight excluding hydrogens is 510 g/mol. The highest BCUT2D eigenvalue weighted by Gasteiger charge is 2.24. The van der Waals surface area contributed by atoms with Gasteiger partial charge in [-0.3, -0.25) is 4.90 Å². The van der Waals surface area contributed by atoms with Crippen LogP contribution in [0.1, 0.15) is 25.0 Å². The van der Waals surface area contributed by atoms with Gasteiger partial charge in [-0.05, 0) is 51.3 Å². The maximum Gasteiger partial charge on any atom is 0.133 e. The minimum absolute atomic E-state index is 0.134. The average Bonchev–Trinajstić information content (AvgIpc) is 2.82. The van der Waals surface area contributed by atoms with Gasteiger partial charge in [-0.2, -0.15) is 0 Å². The molecule has 2 N–H and O–H groups in total. The van der Waals surface area contributed by atoms with Gasteiger partial charge < -0.3 is 24.4 Å². The number of nitrogens with zero attached hydrogens (tertiary/aromatic N) is 1. The lowest BCUT2D eigenvalue weighted by Crippen LogP contribution is -2.42. The van der Waals surface area contributed by atoms with Crippen LogP contribution in [0.3, 0.4) is 0 Å². The molecule has 0 saturated carbocycles. The fourth-order valence-electron chi connectivity index (χ4n) is 3.70. The van der Waals surface area contributed by atoms with Crippen LogP contribution in [0.5, 0.6) is 11.5 Å². The number of benzene rings is 2. The molecule has 8 heteroatoms. The number of hydrogen-bond acceptors (Lipinski definition) is 6. The minimum atomic E-state index is -0.698. The maximum absolute atomic E-state index is 10.3. The van der Waals surface area contributed by atoms with Crippen molar-refractivity contribution in [2.45, 2.75) is 31.5 Å². The molecule has 33 heavy (non-hydrogen) atoms. The SMILES string of the molecule is CC(C)(c1ccc(OC[C@@H](O)CN2CCOCC2)cc1)c1ccc(OC[C@@H](O)CCl)c(Br)c1. The van der Waals surface area contributed by atoms with Crippen molar-refractivity contribution < 1.29 is 24.4 Å². The molecule has 1 heterocycles. The van der Waals surface area contributed by atoms with Gasteiger partial charge in [0.25, 0.3) is 0 Å². The van der Waals surface area contributed by atoms with Gasteiger partial charge in [0.2, 0.25) is 0 Å². The predicted octanol–water partition coefficient (Wildman–Crippen LogP) is 3.83. The monoisotopic (exact) mass is 541 g/mol. The summed E-state index contributed by atoms with van der Waals surface area (Å²) in [6.07, 6.45) is -1.24. The largest absolute Gasteiger partial charge is 0.491 e. The van der Waals surface area contributed by atoms with Crippen LogP contribution in [-0.4, -0.2) is 79.3 Å². The van der Waals surface area contributed by atoms with Crippen molar-refractivity contribution >= 4 is 27.5 Å². The molecule has 0 bridgehead atoms. The number of morpholine rings is 1. The van der Waals surface area contributed by atoms with E-state index >= 15 is 0 Å². The van der Waals surface area contributed by atoms with Gasteiger partial charge in [-0.25, -0.2) is 0 Å². The van der Waals surface area contributed by atoms with Crippen molar-refractivity contribution in [1.29, 1.82) is 0 Å². The second kappa shape index (κ2) is 12.4. The molecule has 0 aliphatic carbocycles. The highest BCUT2D eigenvalue weighted by molar-refractivity contribution is 9.10. The molecule has 182 valence electrons. The van der Waals surface area contributed by atoms with E-state index in [9.17, 15) is 10.2 Å². The second-order valence-corrected chi connectivity index (χ2v) is 9.95. The topological polar surface area (TPSA) is 71.4 Å². The molecule has 6 nitrogen and oxygen atoms in total. The van der Waals surface area contributed by atoms with E-state index in [1.54, 1.807) is 0 Å². The van der Waals surface area contributed by atoms with Crippen LogP contribution in [0.4, 0.5) is 0 Å². The highest BCUT2D eigenvalue weighted by atomic mass is 79.9. The summed E-state index contributed by atoms with van der Waals surface area (Å²) in [5.74, 6) is 1.53.